The summed E-state index contributed by atoms with van der Waals surface area (Å²) in [6.45, 7) is 0. The highest BCUT2D eigenvalue weighted by molar-refractivity contribution is 5.85. The van der Waals surface area contributed by atoms with E-state index in [-0.39, 0.29) is 24.4 Å². The van der Waals surface area contributed by atoms with E-state index in [1.54, 1.807) is 0 Å². The number of nitrogens with two attached hydrogens (primary N) is 1. The molecule has 1 aliphatic carbocycles. The second kappa shape index (κ2) is 6.22. The van der Waals surface area contributed by atoms with Gasteiger partial charge in [0.25, 0.3) is 0 Å². The van der Waals surface area contributed by atoms with Crippen molar-refractivity contribution >= 4 is 18.4 Å². The fraction of sp³-hybridized carbons (Fsp3) is 0.889. The molecule has 3 nitrogen and oxygen atoms in total. The second-order valence-corrected chi connectivity index (χ2v) is 3.49. The molecule has 0 aromatic rings. The van der Waals surface area contributed by atoms with E-state index in [2.05, 4.69) is 4.74 Å². The van der Waals surface area contributed by atoms with Gasteiger partial charge < -0.3 is 10.5 Å². The van der Waals surface area contributed by atoms with E-state index in [0.29, 0.717) is 12.3 Å². The monoisotopic (exact) mass is 207 g/mol. The van der Waals surface area contributed by atoms with Gasteiger partial charge in [0.15, 0.2) is 0 Å². The third-order valence-corrected chi connectivity index (χ3v) is 2.62. The molecule has 1 rings (SSSR count). The Labute approximate surface area is 85.4 Å². The summed E-state index contributed by atoms with van der Waals surface area (Å²) < 4.78 is 4.61. The largest absolute Gasteiger partial charge is 0.469 e. The van der Waals surface area contributed by atoms with Crippen molar-refractivity contribution in [1.82, 2.24) is 0 Å². The minimum Gasteiger partial charge on any atom is -0.469 e. The number of esters is 1. The molecule has 2 unspecified atom stereocenters. The molecule has 13 heavy (non-hydrogen) atoms. The Balaban J connectivity index is 0.00000144. The van der Waals surface area contributed by atoms with Gasteiger partial charge in [-0.3, -0.25) is 4.79 Å². The van der Waals surface area contributed by atoms with E-state index < -0.39 is 0 Å². The van der Waals surface area contributed by atoms with Crippen LogP contribution in [0.4, 0.5) is 0 Å². The molecule has 78 valence electrons. The number of carbonyl (C=O) groups excluding carboxylic acids is 1. The van der Waals surface area contributed by atoms with Crippen molar-refractivity contribution in [2.24, 2.45) is 11.7 Å². The lowest BCUT2D eigenvalue weighted by molar-refractivity contribution is -0.142. The van der Waals surface area contributed by atoms with Crippen LogP contribution < -0.4 is 5.73 Å². The molecular weight excluding hydrogens is 190 g/mol. The highest BCUT2D eigenvalue weighted by Crippen LogP contribution is 2.25. The Morgan fingerprint density at radius 1 is 1.46 bits per heavy atom. The summed E-state index contributed by atoms with van der Waals surface area (Å²) in [7, 11) is 1.43. The van der Waals surface area contributed by atoms with E-state index in [1.807, 2.05) is 0 Å². The number of methoxy groups -OCH3 is 1. The van der Waals surface area contributed by atoms with E-state index in [4.69, 9.17) is 5.73 Å². The number of hydrogen-bond donors (Lipinski definition) is 1. The molecule has 1 aliphatic rings. The normalized spacial score (nSPS) is 27.5. The van der Waals surface area contributed by atoms with Gasteiger partial charge in [-0.05, 0) is 18.8 Å². The average Bonchev–Trinajstić information content (AvgIpc) is 2.09. The first-order valence-corrected chi connectivity index (χ1v) is 4.56. The zero-order valence-corrected chi connectivity index (χ0v) is 8.81. The van der Waals surface area contributed by atoms with Crippen molar-refractivity contribution in [2.45, 2.75) is 38.1 Å². The van der Waals surface area contributed by atoms with Gasteiger partial charge >= 0.3 is 5.97 Å². The third-order valence-electron chi connectivity index (χ3n) is 2.62. The van der Waals surface area contributed by atoms with Crippen molar-refractivity contribution in [3.05, 3.63) is 0 Å². The van der Waals surface area contributed by atoms with Gasteiger partial charge in [0.05, 0.1) is 7.11 Å². The minimum absolute atomic E-state index is 0. The molecule has 0 aliphatic heterocycles. The van der Waals surface area contributed by atoms with Gasteiger partial charge in [-0.15, -0.1) is 12.4 Å². The van der Waals surface area contributed by atoms with Crippen LogP contribution in [0.3, 0.4) is 0 Å². The lowest BCUT2D eigenvalue weighted by atomic mass is 9.83. The lowest BCUT2D eigenvalue weighted by Gasteiger charge is -2.27. The molecule has 0 saturated heterocycles. The molecule has 0 spiro atoms. The van der Waals surface area contributed by atoms with Crippen molar-refractivity contribution in [3.63, 3.8) is 0 Å². The Morgan fingerprint density at radius 3 is 2.62 bits per heavy atom. The first kappa shape index (κ1) is 12.7. The van der Waals surface area contributed by atoms with Crippen LogP contribution in [0.25, 0.3) is 0 Å². The van der Waals surface area contributed by atoms with E-state index in [0.717, 1.165) is 12.8 Å². The Kier molecular flexibility index (Phi) is 6.08. The Morgan fingerprint density at radius 2 is 2.08 bits per heavy atom. The molecule has 0 bridgehead atoms. The first-order valence-electron chi connectivity index (χ1n) is 4.56. The molecule has 0 aromatic carbocycles. The number of hydrogen-bond acceptors (Lipinski definition) is 3. The molecule has 0 heterocycles. The topological polar surface area (TPSA) is 52.3 Å². The molecule has 0 aromatic heterocycles. The summed E-state index contributed by atoms with van der Waals surface area (Å²) in [5.41, 5.74) is 5.87. The van der Waals surface area contributed by atoms with Gasteiger partial charge in [-0.25, -0.2) is 0 Å². The van der Waals surface area contributed by atoms with Crippen molar-refractivity contribution in [3.8, 4) is 0 Å². The average molecular weight is 208 g/mol. The van der Waals surface area contributed by atoms with E-state index in [1.165, 1.54) is 20.0 Å². The zero-order valence-electron chi connectivity index (χ0n) is 7.99. The summed E-state index contributed by atoms with van der Waals surface area (Å²) in [5, 5.41) is 0. The van der Waals surface area contributed by atoms with Crippen molar-refractivity contribution in [2.75, 3.05) is 7.11 Å². The van der Waals surface area contributed by atoms with Crippen LogP contribution >= 0.6 is 12.4 Å². The summed E-state index contributed by atoms with van der Waals surface area (Å²) in [4.78, 5) is 10.9. The summed E-state index contributed by atoms with van der Waals surface area (Å²) in [5.74, 6) is 0.226. The van der Waals surface area contributed by atoms with Crippen molar-refractivity contribution in [1.29, 1.82) is 0 Å². The van der Waals surface area contributed by atoms with Crippen LogP contribution in [0.2, 0.25) is 0 Å². The number of halogens is 1. The quantitative estimate of drug-likeness (QED) is 0.699. The Hall–Kier alpha value is -0.280. The number of carbonyl (C=O) groups is 1. The summed E-state index contributed by atoms with van der Waals surface area (Å²) in [6, 6.07) is 0.206. The number of ether oxygens (including phenoxy) is 1. The number of rotatable bonds is 2. The molecule has 4 heteroatoms. The first-order chi connectivity index (χ1) is 5.74. The van der Waals surface area contributed by atoms with Gasteiger partial charge in [0.2, 0.25) is 0 Å². The predicted octanol–water partition coefficient (Wildman–Crippen LogP) is 1.49. The van der Waals surface area contributed by atoms with Crippen LogP contribution in [0.5, 0.6) is 0 Å². The molecular formula is C9H18ClNO2. The van der Waals surface area contributed by atoms with Crippen LogP contribution in [-0.4, -0.2) is 19.1 Å². The second-order valence-electron chi connectivity index (χ2n) is 3.49. The molecule has 0 radical (unpaired) electrons. The molecule has 2 atom stereocenters. The maximum Gasteiger partial charge on any atom is 0.305 e. The van der Waals surface area contributed by atoms with Crippen LogP contribution in [0.15, 0.2) is 0 Å². The standard InChI is InChI=1S/C9H17NO2.ClH/c1-12-9(11)6-7-4-2-3-5-8(7)10;/h7-8H,2-6,10H2,1H3;1H. The van der Waals surface area contributed by atoms with Crippen LogP contribution in [0.1, 0.15) is 32.1 Å². The fourth-order valence-corrected chi connectivity index (χ4v) is 1.79. The van der Waals surface area contributed by atoms with Gasteiger partial charge in [0, 0.05) is 12.5 Å². The predicted molar refractivity (Wildman–Crippen MR) is 53.8 cm³/mol. The minimum atomic E-state index is -0.127. The van der Waals surface area contributed by atoms with Crippen LogP contribution in [0, 0.1) is 5.92 Å². The van der Waals surface area contributed by atoms with Gasteiger partial charge in [-0.2, -0.15) is 0 Å². The highest BCUT2D eigenvalue weighted by atomic mass is 35.5. The third kappa shape index (κ3) is 3.96. The Bertz CT molecular complexity index is 164. The van der Waals surface area contributed by atoms with E-state index in [9.17, 15) is 4.79 Å². The zero-order chi connectivity index (χ0) is 8.97. The SMILES string of the molecule is COC(=O)CC1CCCCC1N.Cl. The highest BCUT2D eigenvalue weighted by Gasteiger charge is 2.24. The van der Waals surface area contributed by atoms with E-state index >= 15 is 0 Å². The molecule has 0 amide bonds. The smallest absolute Gasteiger partial charge is 0.305 e. The summed E-state index contributed by atoms with van der Waals surface area (Å²) >= 11 is 0. The van der Waals surface area contributed by atoms with Gasteiger partial charge in [-0.1, -0.05) is 12.8 Å². The summed E-state index contributed by atoms with van der Waals surface area (Å²) in [6.07, 6.45) is 5.05. The van der Waals surface area contributed by atoms with Gasteiger partial charge in [0.1, 0.15) is 0 Å². The molecule has 1 saturated carbocycles. The van der Waals surface area contributed by atoms with Crippen LogP contribution in [-0.2, 0) is 9.53 Å². The fourth-order valence-electron chi connectivity index (χ4n) is 1.79. The maximum absolute atomic E-state index is 10.9. The lowest BCUT2D eigenvalue weighted by Crippen LogP contribution is -2.34. The van der Waals surface area contributed by atoms with Crippen molar-refractivity contribution < 1.29 is 9.53 Å². The molecule has 2 N–H and O–H groups in total. The molecule has 1 fully saturated rings. The maximum atomic E-state index is 10.9.